The summed E-state index contributed by atoms with van der Waals surface area (Å²) in [5, 5.41) is 2.08. The van der Waals surface area contributed by atoms with Gasteiger partial charge in [-0.3, -0.25) is 13.7 Å². The molecule has 0 saturated carbocycles. The smallest absolute Gasteiger partial charge is 0.269 e. The number of fused-ring (bicyclic) bond motifs is 4. The normalized spacial score (nSPS) is 14.3. The van der Waals surface area contributed by atoms with E-state index in [0.717, 1.165) is 49.9 Å². The van der Waals surface area contributed by atoms with Crippen LogP contribution in [-0.4, -0.2) is 14.1 Å². The highest BCUT2D eigenvalue weighted by atomic mass is 16.5. The predicted octanol–water partition coefficient (Wildman–Crippen LogP) is 18.1. The minimum absolute atomic E-state index is 0.0122. The molecule has 1 atom stereocenters. The first-order valence-corrected chi connectivity index (χ1v) is 25.3. The van der Waals surface area contributed by atoms with Crippen molar-refractivity contribution in [1.29, 1.82) is 0 Å². The number of hydrogen-bond donors (Lipinski definition) is 0. The fraction of sp³-hybridized carbons (Fsp3) is 0.143. The van der Waals surface area contributed by atoms with Gasteiger partial charge < -0.3 is 4.74 Å². The Kier molecular flexibility index (Phi) is 9.33. The molecule has 0 bridgehead atoms. The summed E-state index contributed by atoms with van der Waals surface area (Å²) in [7, 11) is 0. The number of para-hydroxylation sites is 3. The molecule has 5 heteroatoms. The van der Waals surface area contributed by atoms with E-state index in [4.69, 9.17) is 23.4 Å². The average molecular weight is 983 g/mol. The second-order valence-corrected chi connectivity index (χ2v) is 21.2. The van der Waals surface area contributed by atoms with Crippen molar-refractivity contribution in [3.63, 3.8) is 0 Å². The second-order valence-electron chi connectivity index (χ2n) is 21.2. The number of ether oxygens (including phenoxy) is 1. The summed E-state index contributed by atoms with van der Waals surface area (Å²) in [6.07, 6.45) is 5.50. The monoisotopic (exact) mass is 983 g/mol. The molecule has 9 aromatic carbocycles. The maximum absolute atomic E-state index is 9.10. The molecule has 3 heterocycles. The Bertz CT molecular complexity index is 4530. The lowest BCUT2D eigenvalue weighted by molar-refractivity contribution is -0.571. The van der Waals surface area contributed by atoms with Gasteiger partial charge in [0, 0.05) is 28.6 Å². The van der Waals surface area contributed by atoms with E-state index >= 15 is 0 Å². The van der Waals surface area contributed by atoms with Crippen LogP contribution >= 0.6 is 0 Å². The largest absolute Gasteiger partial charge is 0.458 e. The third kappa shape index (κ3) is 8.89. The third-order valence-corrected chi connectivity index (χ3v) is 14.5. The highest BCUT2D eigenvalue weighted by molar-refractivity contribution is 6.10. The topological polar surface area (TPSA) is 35.9 Å². The van der Waals surface area contributed by atoms with Gasteiger partial charge in [-0.25, -0.2) is 4.98 Å². The van der Waals surface area contributed by atoms with Gasteiger partial charge in [0.15, 0.2) is 0 Å². The Morgan fingerprint density at radius 1 is 0.533 bits per heavy atom. The summed E-state index contributed by atoms with van der Waals surface area (Å²) >= 11 is 0. The molecule has 0 N–H and O–H groups in total. The molecule has 366 valence electrons. The standard InChI is InChI=1S/C70H60N4O/c1-47(69(2,3)4)60-44-67(71-45-62(60)51-33-36-53(37-34-51)70(5,6)7)74-63-40-35-52(48-21-11-8-12-22-48)41-61(63)59-39-38-56(43-66(59)74)75-55-28-19-27-54(42-55)72-46-73(65-32-18-17-31-64(65)72)68-57(49-23-13-9-14-24-49)29-20-30-58(68)50-25-15-10-16-26-50/h8-45,47H,1-7H3/i9D,10D,13D,14D,15D,16D,23D,24D,25D,26D. The summed E-state index contributed by atoms with van der Waals surface area (Å²) in [5.74, 6) is 2.01. The van der Waals surface area contributed by atoms with E-state index in [1.54, 1.807) is 22.8 Å². The van der Waals surface area contributed by atoms with Gasteiger partial charge in [-0.1, -0.05) is 218 Å². The summed E-state index contributed by atoms with van der Waals surface area (Å²) in [5.41, 5.74) is 10.7. The third-order valence-electron chi connectivity index (χ3n) is 14.5. The maximum Gasteiger partial charge on any atom is 0.269 e. The first-order chi connectivity index (χ1) is 40.5. The van der Waals surface area contributed by atoms with Crippen molar-refractivity contribution >= 4 is 32.8 Å². The van der Waals surface area contributed by atoms with Crippen molar-refractivity contribution in [2.24, 2.45) is 5.41 Å². The van der Waals surface area contributed by atoms with Gasteiger partial charge in [0.1, 0.15) is 17.3 Å². The second kappa shape index (κ2) is 18.9. The Hall–Kier alpha value is -8.80. The van der Waals surface area contributed by atoms with Crippen molar-refractivity contribution in [1.82, 2.24) is 14.1 Å². The zero-order valence-electron chi connectivity index (χ0n) is 52.9. The van der Waals surface area contributed by atoms with Gasteiger partial charge in [0.05, 0.1) is 47.1 Å². The zero-order chi connectivity index (χ0) is 60.1. The molecule has 12 rings (SSSR count). The number of pyridine rings is 1. The van der Waals surface area contributed by atoms with Crippen LogP contribution in [0.1, 0.15) is 79.2 Å². The molecule has 0 amide bonds. The molecule has 0 aliphatic heterocycles. The maximum atomic E-state index is 9.10. The van der Waals surface area contributed by atoms with Gasteiger partial charge >= 0.3 is 0 Å². The molecule has 75 heavy (non-hydrogen) atoms. The van der Waals surface area contributed by atoms with E-state index in [1.807, 2.05) is 83.6 Å². The lowest BCUT2D eigenvalue weighted by atomic mass is 9.75. The first kappa shape index (κ1) is 37.0. The molecule has 12 aromatic rings. The molecule has 0 spiro atoms. The van der Waals surface area contributed by atoms with E-state index in [-0.39, 0.29) is 44.7 Å². The number of benzene rings is 9. The van der Waals surface area contributed by atoms with E-state index in [1.165, 1.54) is 11.1 Å². The van der Waals surface area contributed by atoms with E-state index in [2.05, 4.69) is 132 Å². The van der Waals surface area contributed by atoms with Crippen LogP contribution in [0, 0.1) is 11.7 Å². The Balaban J connectivity index is 1.01. The highest BCUT2D eigenvalue weighted by Crippen LogP contribution is 2.43. The van der Waals surface area contributed by atoms with E-state index in [9.17, 15) is 0 Å². The molecule has 0 saturated heterocycles. The van der Waals surface area contributed by atoms with Crippen LogP contribution in [0.4, 0.5) is 0 Å². The van der Waals surface area contributed by atoms with E-state index < -0.39 is 60.4 Å². The van der Waals surface area contributed by atoms with Crippen molar-refractivity contribution in [2.45, 2.75) is 59.8 Å². The quantitative estimate of drug-likeness (QED) is 0.101. The average Bonchev–Trinajstić information content (AvgIpc) is 1.84. The van der Waals surface area contributed by atoms with Gasteiger partial charge in [0.2, 0.25) is 0 Å². The minimum Gasteiger partial charge on any atom is -0.458 e. The number of aromatic nitrogens is 4. The lowest BCUT2D eigenvalue weighted by Gasteiger charge is -2.30. The Morgan fingerprint density at radius 2 is 1.19 bits per heavy atom. The summed E-state index contributed by atoms with van der Waals surface area (Å²) in [6.45, 7) is 15.8. The van der Waals surface area contributed by atoms with Crippen LogP contribution < -0.4 is 9.30 Å². The SMILES string of the molecule is [2H]c1c([2H])c([2H])c(-c2cccc(-c3c([2H])c([2H])c([2H])c([2H])c3[2H])c2-[n+]2[c-]n(-c3cccc(Oc4ccc5c6cc(-c7ccccc7)ccc6n(-c6cc(C(C)C(C)(C)C)c(-c7ccc(C(C)(C)C)cc7)cn6)c5c4)c3)c3ccccc32)c([2H])c1[2H]. The zero-order valence-corrected chi connectivity index (χ0v) is 42.9. The molecular formula is C70H60N4O. The number of rotatable bonds is 10. The van der Waals surface area contributed by atoms with Crippen molar-refractivity contribution in [2.75, 3.05) is 0 Å². The van der Waals surface area contributed by atoms with Crippen LogP contribution in [0.25, 0.3) is 94.5 Å². The lowest BCUT2D eigenvalue weighted by Crippen LogP contribution is -2.31. The molecule has 0 aliphatic carbocycles. The van der Waals surface area contributed by atoms with E-state index in [0.29, 0.717) is 28.2 Å². The highest BCUT2D eigenvalue weighted by Gasteiger charge is 2.27. The van der Waals surface area contributed by atoms with Crippen LogP contribution in [0.15, 0.2) is 230 Å². The van der Waals surface area contributed by atoms with Gasteiger partial charge in [-0.2, -0.15) is 0 Å². The number of hydrogen-bond acceptors (Lipinski definition) is 2. The number of nitrogens with zero attached hydrogens (tertiary/aromatic N) is 4. The van der Waals surface area contributed by atoms with Gasteiger partial charge in [0.25, 0.3) is 6.33 Å². The minimum atomic E-state index is -0.569. The van der Waals surface area contributed by atoms with Crippen LogP contribution in [0.2, 0.25) is 0 Å². The first-order valence-electron chi connectivity index (χ1n) is 30.3. The fourth-order valence-electron chi connectivity index (χ4n) is 10.1. The van der Waals surface area contributed by atoms with Crippen LogP contribution in [0.3, 0.4) is 0 Å². The fourth-order valence-corrected chi connectivity index (χ4v) is 10.1. The number of imidazole rings is 1. The molecule has 0 aliphatic rings. The van der Waals surface area contributed by atoms with Crippen molar-refractivity contribution < 1.29 is 23.0 Å². The molecule has 0 fully saturated rings. The predicted molar refractivity (Wildman–Crippen MR) is 311 cm³/mol. The van der Waals surface area contributed by atoms with Gasteiger partial charge in [-0.15, -0.1) is 0 Å². The Labute approximate surface area is 454 Å². The summed E-state index contributed by atoms with van der Waals surface area (Å²) in [4.78, 5) is 5.29. The molecule has 3 aromatic heterocycles. The van der Waals surface area contributed by atoms with Crippen LogP contribution in [-0.2, 0) is 5.41 Å². The Morgan fingerprint density at radius 3 is 1.88 bits per heavy atom. The van der Waals surface area contributed by atoms with Crippen molar-refractivity contribution in [3.8, 4) is 73.2 Å². The van der Waals surface area contributed by atoms with Crippen LogP contribution in [0.5, 0.6) is 11.5 Å². The molecule has 0 radical (unpaired) electrons. The van der Waals surface area contributed by atoms with Crippen molar-refractivity contribution in [3.05, 3.63) is 248 Å². The molecule has 5 nitrogen and oxygen atoms in total. The molecule has 1 unspecified atom stereocenters. The summed E-state index contributed by atoms with van der Waals surface area (Å²) in [6, 6.07) is 48.7. The van der Waals surface area contributed by atoms with Gasteiger partial charge in [-0.05, 0) is 115 Å². The summed E-state index contributed by atoms with van der Waals surface area (Å²) < 4.78 is 100. The molecular weight excluding hydrogens is 913 g/mol.